The number of rotatable bonds is 4. The molecule has 1 aromatic rings. The van der Waals surface area contributed by atoms with Gasteiger partial charge in [-0.1, -0.05) is 6.92 Å². The van der Waals surface area contributed by atoms with E-state index in [0.29, 0.717) is 19.4 Å². The minimum atomic E-state index is -0.823. The first-order valence-corrected chi connectivity index (χ1v) is 6.58. The Kier molecular flexibility index (Phi) is 3.71. The van der Waals surface area contributed by atoms with Crippen LogP contribution in [-0.2, 0) is 16.0 Å². The third-order valence-electron chi connectivity index (χ3n) is 3.66. The first kappa shape index (κ1) is 13.1. The summed E-state index contributed by atoms with van der Waals surface area (Å²) in [5.41, 5.74) is 5.34. The Morgan fingerprint density at radius 1 is 1.67 bits per heavy atom. The van der Waals surface area contributed by atoms with Gasteiger partial charge < -0.3 is 15.0 Å². The number of esters is 1. The standard InChI is InChI=1S/C13H21N3O2/c1-3-11-15-7-8-16(11)10-5-6-13(14,9-10)12(17)18-4-2/h7-8,10H,3-6,9,14H2,1-2H3. The van der Waals surface area contributed by atoms with Crippen molar-refractivity contribution in [3.8, 4) is 0 Å². The van der Waals surface area contributed by atoms with Gasteiger partial charge in [-0.15, -0.1) is 0 Å². The molecular formula is C13H21N3O2. The van der Waals surface area contributed by atoms with Crippen molar-refractivity contribution in [3.63, 3.8) is 0 Å². The highest BCUT2D eigenvalue weighted by Gasteiger charge is 2.44. The summed E-state index contributed by atoms with van der Waals surface area (Å²) in [5.74, 6) is 0.777. The normalized spacial score (nSPS) is 27.4. The van der Waals surface area contributed by atoms with Gasteiger partial charge in [-0.05, 0) is 26.2 Å². The molecule has 2 atom stereocenters. The third kappa shape index (κ3) is 2.27. The lowest BCUT2D eigenvalue weighted by Gasteiger charge is -2.22. The highest BCUT2D eigenvalue weighted by molar-refractivity contribution is 5.81. The zero-order valence-corrected chi connectivity index (χ0v) is 11.1. The summed E-state index contributed by atoms with van der Waals surface area (Å²) < 4.78 is 7.21. The highest BCUT2D eigenvalue weighted by Crippen LogP contribution is 2.37. The number of aromatic nitrogens is 2. The number of carbonyl (C=O) groups excluding carboxylic acids is 1. The number of nitrogens with zero attached hydrogens (tertiary/aromatic N) is 2. The molecule has 1 heterocycles. The molecule has 1 fully saturated rings. The van der Waals surface area contributed by atoms with Crippen LogP contribution in [0.15, 0.2) is 12.4 Å². The van der Waals surface area contributed by atoms with E-state index in [0.717, 1.165) is 18.7 Å². The zero-order valence-electron chi connectivity index (χ0n) is 11.1. The van der Waals surface area contributed by atoms with E-state index < -0.39 is 5.54 Å². The number of aryl methyl sites for hydroxylation is 1. The Bertz CT molecular complexity index is 430. The van der Waals surface area contributed by atoms with Crippen molar-refractivity contribution in [2.75, 3.05) is 6.61 Å². The lowest BCUT2D eigenvalue weighted by Crippen LogP contribution is -2.46. The molecule has 2 unspecified atom stereocenters. The first-order valence-electron chi connectivity index (χ1n) is 6.58. The summed E-state index contributed by atoms with van der Waals surface area (Å²) in [4.78, 5) is 16.2. The van der Waals surface area contributed by atoms with Crippen LogP contribution in [0.2, 0.25) is 0 Å². The predicted octanol–water partition coefficient (Wildman–Crippen LogP) is 1.43. The quantitative estimate of drug-likeness (QED) is 0.822. The number of nitrogens with two attached hydrogens (primary N) is 1. The molecule has 0 saturated heterocycles. The number of ether oxygens (including phenoxy) is 1. The molecule has 0 radical (unpaired) electrons. The number of hydrogen-bond acceptors (Lipinski definition) is 4. The molecule has 5 heteroatoms. The molecular weight excluding hydrogens is 230 g/mol. The van der Waals surface area contributed by atoms with Crippen molar-refractivity contribution in [2.45, 2.75) is 51.1 Å². The van der Waals surface area contributed by atoms with E-state index in [-0.39, 0.29) is 12.0 Å². The van der Waals surface area contributed by atoms with Crippen LogP contribution in [-0.4, -0.2) is 27.7 Å². The number of carbonyl (C=O) groups is 1. The largest absolute Gasteiger partial charge is 0.465 e. The Balaban J connectivity index is 2.10. The molecule has 0 aromatic carbocycles. The summed E-state index contributed by atoms with van der Waals surface area (Å²) in [5, 5.41) is 0. The fraction of sp³-hybridized carbons (Fsp3) is 0.692. The summed E-state index contributed by atoms with van der Waals surface area (Å²) in [7, 11) is 0. The molecule has 2 N–H and O–H groups in total. The topological polar surface area (TPSA) is 70.1 Å². The molecule has 0 amide bonds. The van der Waals surface area contributed by atoms with Crippen LogP contribution in [0.4, 0.5) is 0 Å². The van der Waals surface area contributed by atoms with Crippen molar-refractivity contribution < 1.29 is 9.53 Å². The van der Waals surface area contributed by atoms with Crippen molar-refractivity contribution in [3.05, 3.63) is 18.2 Å². The van der Waals surface area contributed by atoms with E-state index in [4.69, 9.17) is 10.5 Å². The Morgan fingerprint density at radius 3 is 3.11 bits per heavy atom. The van der Waals surface area contributed by atoms with Gasteiger partial charge in [0.05, 0.1) is 6.61 Å². The molecule has 1 aliphatic rings. The van der Waals surface area contributed by atoms with E-state index in [1.807, 2.05) is 6.20 Å². The monoisotopic (exact) mass is 251 g/mol. The lowest BCUT2D eigenvalue weighted by atomic mass is 9.99. The molecule has 1 saturated carbocycles. The van der Waals surface area contributed by atoms with Crippen LogP contribution >= 0.6 is 0 Å². The van der Waals surface area contributed by atoms with Gasteiger partial charge in [0.15, 0.2) is 0 Å². The van der Waals surface area contributed by atoms with Gasteiger partial charge in [0.2, 0.25) is 0 Å². The molecule has 1 aliphatic carbocycles. The molecule has 0 aliphatic heterocycles. The summed E-state index contributed by atoms with van der Waals surface area (Å²) >= 11 is 0. The Morgan fingerprint density at radius 2 is 2.44 bits per heavy atom. The van der Waals surface area contributed by atoms with Crippen LogP contribution in [0.5, 0.6) is 0 Å². The lowest BCUT2D eigenvalue weighted by molar-refractivity contribution is -0.149. The summed E-state index contributed by atoms with van der Waals surface area (Å²) in [6.45, 7) is 4.27. The molecule has 1 aromatic heterocycles. The van der Waals surface area contributed by atoms with E-state index in [9.17, 15) is 4.79 Å². The van der Waals surface area contributed by atoms with Gasteiger partial charge in [0, 0.05) is 24.9 Å². The molecule has 5 nitrogen and oxygen atoms in total. The average molecular weight is 251 g/mol. The van der Waals surface area contributed by atoms with Crippen molar-refractivity contribution in [1.82, 2.24) is 9.55 Å². The van der Waals surface area contributed by atoms with Gasteiger partial charge in [-0.2, -0.15) is 0 Å². The summed E-state index contributed by atoms with van der Waals surface area (Å²) in [6.07, 6.45) is 6.88. The maximum absolute atomic E-state index is 11.9. The minimum absolute atomic E-state index is 0.261. The SMILES string of the molecule is CCOC(=O)C1(N)CCC(n2ccnc2CC)C1. The van der Waals surface area contributed by atoms with Crippen LogP contribution in [0.1, 0.15) is 45.0 Å². The van der Waals surface area contributed by atoms with Crippen molar-refractivity contribution in [2.24, 2.45) is 5.73 Å². The van der Waals surface area contributed by atoms with Crippen LogP contribution in [0.3, 0.4) is 0 Å². The third-order valence-corrected chi connectivity index (χ3v) is 3.66. The van der Waals surface area contributed by atoms with Crippen molar-refractivity contribution in [1.29, 1.82) is 0 Å². The molecule has 2 rings (SSSR count). The van der Waals surface area contributed by atoms with Crippen LogP contribution in [0.25, 0.3) is 0 Å². The summed E-state index contributed by atoms with van der Waals surface area (Å²) in [6, 6.07) is 0.261. The van der Waals surface area contributed by atoms with Gasteiger partial charge in [-0.3, -0.25) is 4.79 Å². The fourth-order valence-electron chi connectivity index (χ4n) is 2.70. The van der Waals surface area contributed by atoms with Gasteiger partial charge in [-0.25, -0.2) is 4.98 Å². The highest BCUT2D eigenvalue weighted by atomic mass is 16.5. The maximum atomic E-state index is 11.9. The molecule has 0 spiro atoms. The Labute approximate surface area is 107 Å². The second-order valence-corrected chi connectivity index (χ2v) is 4.88. The maximum Gasteiger partial charge on any atom is 0.326 e. The van der Waals surface area contributed by atoms with E-state index in [1.165, 1.54) is 0 Å². The van der Waals surface area contributed by atoms with Crippen LogP contribution in [0, 0.1) is 0 Å². The average Bonchev–Trinajstić information content (AvgIpc) is 2.96. The first-order chi connectivity index (χ1) is 8.60. The molecule has 100 valence electrons. The second-order valence-electron chi connectivity index (χ2n) is 4.88. The van der Waals surface area contributed by atoms with E-state index in [1.54, 1.807) is 13.1 Å². The van der Waals surface area contributed by atoms with Crippen molar-refractivity contribution >= 4 is 5.97 Å². The zero-order chi connectivity index (χ0) is 13.2. The number of hydrogen-bond donors (Lipinski definition) is 1. The smallest absolute Gasteiger partial charge is 0.326 e. The fourth-order valence-corrected chi connectivity index (χ4v) is 2.70. The predicted molar refractivity (Wildman–Crippen MR) is 68.0 cm³/mol. The van der Waals surface area contributed by atoms with Gasteiger partial charge >= 0.3 is 5.97 Å². The van der Waals surface area contributed by atoms with E-state index in [2.05, 4.69) is 16.5 Å². The van der Waals surface area contributed by atoms with Crippen LogP contribution < -0.4 is 5.73 Å². The molecule has 0 bridgehead atoms. The van der Waals surface area contributed by atoms with Gasteiger partial charge in [0.25, 0.3) is 0 Å². The second kappa shape index (κ2) is 5.10. The van der Waals surface area contributed by atoms with Gasteiger partial charge in [0.1, 0.15) is 11.4 Å². The minimum Gasteiger partial charge on any atom is -0.465 e. The Hall–Kier alpha value is -1.36. The molecule has 18 heavy (non-hydrogen) atoms. The van der Waals surface area contributed by atoms with E-state index >= 15 is 0 Å². The number of imidazole rings is 1.